The van der Waals surface area contributed by atoms with Crippen molar-refractivity contribution in [2.24, 2.45) is 0 Å². The topological polar surface area (TPSA) is 56.5 Å². The molecule has 0 spiro atoms. The van der Waals surface area contributed by atoms with Crippen LogP contribution in [0, 0.1) is 0 Å². The van der Waals surface area contributed by atoms with Crippen LogP contribution in [0.1, 0.15) is 26.3 Å². The maximum Gasteiger partial charge on any atom is 0.166 e. The molecule has 0 bridgehead atoms. The van der Waals surface area contributed by atoms with Crippen LogP contribution >= 0.6 is 0 Å². The second-order valence-electron chi connectivity index (χ2n) is 12.8. The number of para-hydroxylation sites is 1. The minimum absolute atomic E-state index is 0.0272. The van der Waals surface area contributed by atoms with E-state index in [4.69, 9.17) is 15.0 Å². The number of hydrogen-bond acceptors (Lipinski definition) is 4. The van der Waals surface area contributed by atoms with E-state index in [1.54, 1.807) is 0 Å². The summed E-state index contributed by atoms with van der Waals surface area (Å²) in [5.41, 5.74) is 9.21. The maximum atomic E-state index is 5.16. The van der Waals surface area contributed by atoms with Crippen LogP contribution < -0.4 is 0 Å². The molecule has 0 saturated heterocycles. The van der Waals surface area contributed by atoms with E-state index in [0.29, 0.717) is 17.5 Å². The molecule has 0 aliphatic heterocycles. The highest BCUT2D eigenvalue weighted by Crippen LogP contribution is 2.39. The van der Waals surface area contributed by atoms with Gasteiger partial charge in [0.1, 0.15) is 0 Å². The SMILES string of the molecule is CC(C)(C)c1ccc2c(c1)c1ccccc1n2-c1ccc(-c2ccccn2)cc1-c1nc(-c2ccccc2)nc(-c2ccccc2)n1. The van der Waals surface area contributed by atoms with Gasteiger partial charge in [-0.05, 0) is 53.4 Å². The van der Waals surface area contributed by atoms with Crippen LogP contribution in [0.3, 0.4) is 0 Å². The van der Waals surface area contributed by atoms with Crippen molar-refractivity contribution in [1.29, 1.82) is 0 Å². The fourth-order valence-corrected chi connectivity index (χ4v) is 6.23. The van der Waals surface area contributed by atoms with Crippen LogP contribution in [0.15, 0.2) is 146 Å². The van der Waals surface area contributed by atoms with Crippen molar-refractivity contribution in [2.45, 2.75) is 26.2 Å². The molecule has 3 aromatic heterocycles. The van der Waals surface area contributed by atoms with Gasteiger partial charge in [-0.25, -0.2) is 15.0 Å². The van der Waals surface area contributed by atoms with Crippen molar-refractivity contribution in [3.05, 3.63) is 151 Å². The molecule has 0 fully saturated rings. The fourth-order valence-electron chi connectivity index (χ4n) is 6.23. The lowest BCUT2D eigenvalue weighted by atomic mass is 9.86. The molecule has 5 aromatic carbocycles. The van der Waals surface area contributed by atoms with Gasteiger partial charge >= 0.3 is 0 Å². The van der Waals surface area contributed by atoms with E-state index in [9.17, 15) is 0 Å². The van der Waals surface area contributed by atoms with E-state index in [-0.39, 0.29) is 5.41 Å². The molecule has 0 unspecified atom stereocenters. The van der Waals surface area contributed by atoms with Crippen LogP contribution in [-0.4, -0.2) is 24.5 Å². The van der Waals surface area contributed by atoms with Crippen LogP contribution in [0.25, 0.3) is 72.9 Å². The van der Waals surface area contributed by atoms with Gasteiger partial charge in [0.15, 0.2) is 17.5 Å². The molecule has 8 rings (SSSR count). The number of benzene rings is 5. The zero-order valence-electron chi connectivity index (χ0n) is 26.6. The average molecular weight is 608 g/mol. The highest BCUT2D eigenvalue weighted by Gasteiger charge is 2.22. The van der Waals surface area contributed by atoms with E-state index in [2.05, 4.69) is 91.0 Å². The lowest BCUT2D eigenvalue weighted by Crippen LogP contribution is -2.10. The van der Waals surface area contributed by atoms with E-state index in [0.717, 1.165) is 44.7 Å². The molecule has 226 valence electrons. The van der Waals surface area contributed by atoms with E-state index in [1.165, 1.54) is 16.3 Å². The van der Waals surface area contributed by atoms with Crippen molar-refractivity contribution in [2.75, 3.05) is 0 Å². The van der Waals surface area contributed by atoms with Gasteiger partial charge in [0.2, 0.25) is 0 Å². The quantitative estimate of drug-likeness (QED) is 0.195. The molecule has 8 aromatic rings. The van der Waals surface area contributed by atoms with Gasteiger partial charge in [0.05, 0.1) is 22.4 Å². The molecular weight excluding hydrogens is 574 g/mol. The van der Waals surface area contributed by atoms with Crippen LogP contribution in [0.5, 0.6) is 0 Å². The highest BCUT2D eigenvalue weighted by atomic mass is 15.1. The number of hydrogen-bond donors (Lipinski definition) is 0. The molecule has 5 heteroatoms. The van der Waals surface area contributed by atoms with Gasteiger partial charge in [-0.2, -0.15) is 0 Å². The standard InChI is InChI=1S/C42H33N5/c1-42(2,3)31-22-24-37-33(27-31)32-18-10-11-20-36(32)47(37)38-23-21-30(35-19-12-13-25-43-35)26-34(38)41-45-39(28-14-6-4-7-15-28)44-40(46-41)29-16-8-5-9-17-29/h4-27H,1-3H3. The van der Waals surface area contributed by atoms with Gasteiger partial charge in [-0.1, -0.05) is 118 Å². The number of pyridine rings is 1. The summed E-state index contributed by atoms with van der Waals surface area (Å²) in [6, 6.07) is 48.2. The minimum Gasteiger partial charge on any atom is -0.309 e. The second kappa shape index (κ2) is 11.5. The summed E-state index contributed by atoms with van der Waals surface area (Å²) in [4.78, 5) is 20.0. The Bertz CT molecular complexity index is 2310. The predicted molar refractivity (Wildman–Crippen MR) is 192 cm³/mol. The molecule has 0 amide bonds. The number of aromatic nitrogens is 5. The molecule has 47 heavy (non-hydrogen) atoms. The monoisotopic (exact) mass is 607 g/mol. The zero-order valence-corrected chi connectivity index (χ0v) is 26.6. The lowest BCUT2D eigenvalue weighted by Gasteiger charge is -2.19. The molecule has 5 nitrogen and oxygen atoms in total. The third-order valence-corrected chi connectivity index (χ3v) is 8.68. The van der Waals surface area contributed by atoms with Gasteiger partial charge in [-0.3, -0.25) is 4.98 Å². The molecule has 0 aliphatic carbocycles. The maximum absolute atomic E-state index is 5.16. The molecule has 3 heterocycles. The molecule has 0 atom stereocenters. The lowest BCUT2D eigenvalue weighted by molar-refractivity contribution is 0.591. The highest BCUT2D eigenvalue weighted by molar-refractivity contribution is 6.10. The van der Waals surface area contributed by atoms with Gasteiger partial charge in [-0.15, -0.1) is 0 Å². The minimum atomic E-state index is 0.0272. The predicted octanol–water partition coefficient (Wildman–Crippen LogP) is 10.3. The summed E-state index contributed by atoms with van der Waals surface area (Å²) in [7, 11) is 0. The first-order valence-corrected chi connectivity index (χ1v) is 15.9. The largest absolute Gasteiger partial charge is 0.309 e. The molecule has 0 saturated carbocycles. The summed E-state index contributed by atoms with van der Waals surface area (Å²) >= 11 is 0. The Morgan fingerprint density at radius 2 is 1.11 bits per heavy atom. The summed E-state index contributed by atoms with van der Waals surface area (Å²) in [5.74, 6) is 1.85. The molecule has 0 N–H and O–H groups in total. The Morgan fingerprint density at radius 1 is 0.489 bits per heavy atom. The Kier molecular flexibility index (Phi) is 6.95. The van der Waals surface area contributed by atoms with E-state index >= 15 is 0 Å². The Balaban J connectivity index is 1.45. The van der Waals surface area contributed by atoms with Crippen LogP contribution in [-0.2, 0) is 5.41 Å². The third-order valence-electron chi connectivity index (χ3n) is 8.68. The van der Waals surface area contributed by atoms with Crippen molar-refractivity contribution in [3.8, 4) is 51.1 Å². The van der Waals surface area contributed by atoms with Crippen LogP contribution in [0.2, 0.25) is 0 Å². The van der Waals surface area contributed by atoms with Gasteiger partial charge in [0.25, 0.3) is 0 Å². The van der Waals surface area contributed by atoms with E-state index in [1.807, 2.05) is 85.1 Å². The third kappa shape index (κ3) is 5.26. The summed E-state index contributed by atoms with van der Waals surface area (Å²) in [6.45, 7) is 6.78. The van der Waals surface area contributed by atoms with E-state index < -0.39 is 0 Å². The van der Waals surface area contributed by atoms with Crippen LogP contribution in [0.4, 0.5) is 0 Å². The molecule has 0 aliphatic rings. The summed E-state index contributed by atoms with van der Waals surface area (Å²) < 4.78 is 2.35. The fraction of sp³-hybridized carbons (Fsp3) is 0.0952. The summed E-state index contributed by atoms with van der Waals surface area (Å²) in [6.07, 6.45) is 1.83. The number of nitrogens with zero attached hydrogens (tertiary/aromatic N) is 5. The van der Waals surface area contributed by atoms with Gasteiger partial charge in [0, 0.05) is 39.2 Å². The van der Waals surface area contributed by atoms with Crippen molar-refractivity contribution in [3.63, 3.8) is 0 Å². The normalized spacial score (nSPS) is 11.7. The first-order chi connectivity index (χ1) is 22.9. The smallest absolute Gasteiger partial charge is 0.166 e. The summed E-state index contributed by atoms with van der Waals surface area (Å²) in [5, 5.41) is 2.43. The van der Waals surface area contributed by atoms with Crippen molar-refractivity contribution >= 4 is 21.8 Å². The van der Waals surface area contributed by atoms with Crippen molar-refractivity contribution in [1.82, 2.24) is 24.5 Å². The first kappa shape index (κ1) is 28.5. The Hall–Kier alpha value is -5.94. The Morgan fingerprint density at radius 3 is 1.77 bits per heavy atom. The number of rotatable bonds is 5. The first-order valence-electron chi connectivity index (χ1n) is 15.9. The molecular formula is C42H33N5. The second-order valence-corrected chi connectivity index (χ2v) is 12.8. The zero-order chi connectivity index (χ0) is 32.0. The average Bonchev–Trinajstić information content (AvgIpc) is 3.45. The number of fused-ring (bicyclic) bond motifs is 3. The van der Waals surface area contributed by atoms with Crippen molar-refractivity contribution < 1.29 is 0 Å². The Labute approximate surface area is 274 Å². The van der Waals surface area contributed by atoms with Gasteiger partial charge < -0.3 is 4.57 Å². The molecule has 0 radical (unpaired) electrons.